The highest BCUT2D eigenvalue weighted by Crippen LogP contribution is 2.39. The van der Waals surface area contributed by atoms with Crippen LogP contribution in [0, 0.1) is 11.3 Å². The highest BCUT2D eigenvalue weighted by Gasteiger charge is 2.54. The number of anilines is 2. The summed E-state index contributed by atoms with van der Waals surface area (Å²) in [5.74, 6) is -0.279. The maximum atomic E-state index is 13.8. The van der Waals surface area contributed by atoms with Gasteiger partial charge < -0.3 is 30.1 Å². The van der Waals surface area contributed by atoms with E-state index in [-0.39, 0.29) is 30.5 Å². The minimum absolute atomic E-state index is 0.0144. The van der Waals surface area contributed by atoms with Gasteiger partial charge in [0.2, 0.25) is 5.91 Å². The molecule has 2 aromatic rings. The molecule has 10 nitrogen and oxygen atoms in total. The second kappa shape index (κ2) is 11.1. The Hall–Kier alpha value is -4.10. The average Bonchev–Trinajstić information content (AvgIpc) is 3.56. The standard InChI is InChI=1S/C28H32N6O4/c29-17-21-8-10-22(11-9-21)31-27(37)32-14-12-28(13-15-32)26(36)33(20-34(28)23-5-2-1-3-6-23)19-25(35)30-18-24-7-4-16-38-24/h1-3,5-6,8-11,24H,4,7,12-16,18-20H2,(H,30,35)(H,31,37). The zero-order valence-electron chi connectivity index (χ0n) is 21.3. The van der Waals surface area contributed by atoms with Crippen molar-refractivity contribution in [2.75, 3.05) is 49.7 Å². The molecular formula is C28H32N6O4. The predicted octanol–water partition coefficient (Wildman–Crippen LogP) is 2.53. The fourth-order valence-corrected chi connectivity index (χ4v) is 5.49. The summed E-state index contributed by atoms with van der Waals surface area (Å²) in [6, 6.07) is 18.3. The maximum absolute atomic E-state index is 13.8. The van der Waals surface area contributed by atoms with Gasteiger partial charge >= 0.3 is 6.03 Å². The molecule has 3 saturated heterocycles. The Kier molecular flexibility index (Phi) is 7.47. The number of carbonyl (C=O) groups excluding carboxylic acids is 3. The van der Waals surface area contributed by atoms with Crippen LogP contribution < -0.4 is 15.5 Å². The molecule has 3 aliphatic heterocycles. The van der Waals surface area contributed by atoms with Crippen molar-refractivity contribution in [1.29, 1.82) is 5.26 Å². The molecule has 1 spiro atoms. The molecular weight excluding hydrogens is 484 g/mol. The van der Waals surface area contributed by atoms with Gasteiger partial charge in [-0.1, -0.05) is 18.2 Å². The molecule has 3 aliphatic rings. The molecule has 0 saturated carbocycles. The zero-order valence-corrected chi connectivity index (χ0v) is 21.3. The fourth-order valence-electron chi connectivity index (χ4n) is 5.49. The van der Waals surface area contributed by atoms with Crippen molar-refractivity contribution in [3.63, 3.8) is 0 Å². The van der Waals surface area contributed by atoms with E-state index in [0.29, 0.717) is 50.4 Å². The van der Waals surface area contributed by atoms with Crippen LogP contribution >= 0.6 is 0 Å². The van der Waals surface area contributed by atoms with Crippen LogP contribution in [0.2, 0.25) is 0 Å². The first-order valence-electron chi connectivity index (χ1n) is 13.0. The van der Waals surface area contributed by atoms with Gasteiger partial charge in [-0.3, -0.25) is 9.59 Å². The van der Waals surface area contributed by atoms with Gasteiger partial charge in [0, 0.05) is 37.6 Å². The van der Waals surface area contributed by atoms with Gasteiger partial charge in [0.15, 0.2) is 0 Å². The molecule has 1 atom stereocenters. The number of nitriles is 1. The first-order valence-corrected chi connectivity index (χ1v) is 13.0. The Morgan fingerprint density at radius 3 is 2.47 bits per heavy atom. The summed E-state index contributed by atoms with van der Waals surface area (Å²) in [6.45, 7) is 2.28. The van der Waals surface area contributed by atoms with Crippen LogP contribution in [-0.2, 0) is 14.3 Å². The molecule has 0 aliphatic carbocycles. The van der Waals surface area contributed by atoms with Crippen LogP contribution in [0.5, 0.6) is 0 Å². The Balaban J connectivity index is 1.25. The smallest absolute Gasteiger partial charge is 0.321 e. The Morgan fingerprint density at radius 1 is 1.08 bits per heavy atom. The topological polar surface area (TPSA) is 118 Å². The lowest BCUT2D eigenvalue weighted by Crippen LogP contribution is -2.58. The third kappa shape index (κ3) is 5.29. The quantitative estimate of drug-likeness (QED) is 0.609. The number of ether oxygens (including phenoxy) is 1. The number of rotatable bonds is 6. The number of benzene rings is 2. The first kappa shape index (κ1) is 25.5. The van der Waals surface area contributed by atoms with Gasteiger partial charge in [-0.15, -0.1) is 0 Å². The molecule has 3 heterocycles. The van der Waals surface area contributed by atoms with Gasteiger partial charge in [0.1, 0.15) is 12.1 Å². The predicted molar refractivity (Wildman–Crippen MR) is 141 cm³/mol. The minimum Gasteiger partial charge on any atom is -0.376 e. The molecule has 0 bridgehead atoms. The molecule has 3 fully saturated rings. The number of carbonyl (C=O) groups is 3. The van der Waals surface area contributed by atoms with E-state index in [4.69, 9.17) is 10.00 Å². The average molecular weight is 517 g/mol. The van der Waals surface area contributed by atoms with Crippen molar-refractivity contribution >= 4 is 29.2 Å². The van der Waals surface area contributed by atoms with Crippen molar-refractivity contribution < 1.29 is 19.1 Å². The van der Waals surface area contributed by atoms with Crippen LogP contribution in [0.3, 0.4) is 0 Å². The number of nitrogens with one attached hydrogen (secondary N) is 2. The summed E-state index contributed by atoms with van der Waals surface area (Å²) < 4.78 is 5.58. The molecule has 5 rings (SSSR count). The molecule has 0 aromatic heterocycles. The number of amides is 4. The van der Waals surface area contributed by atoms with E-state index in [1.807, 2.05) is 30.3 Å². The van der Waals surface area contributed by atoms with Crippen LogP contribution in [0.25, 0.3) is 0 Å². The van der Waals surface area contributed by atoms with E-state index < -0.39 is 5.54 Å². The number of urea groups is 1. The SMILES string of the molecule is N#Cc1ccc(NC(=O)N2CCC3(CC2)C(=O)N(CC(=O)NCC2CCCO2)CN3c2ccccc2)cc1. The van der Waals surface area contributed by atoms with E-state index in [9.17, 15) is 14.4 Å². The molecule has 4 amide bonds. The molecule has 198 valence electrons. The number of para-hydroxylation sites is 1. The maximum Gasteiger partial charge on any atom is 0.321 e. The lowest BCUT2D eigenvalue weighted by molar-refractivity contribution is -0.137. The van der Waals surface area contributed by atoms with Gasteiger partial charge in [-0.2, -0.15) is 5.26 Å². The summed E-state index contributed by atoms with van der Waals surface area (Å²) in [6.07, 6.45) is 2.89. The van der Waals surface area contributed by atoms with Crippen LogP contribution in [0.1, 0.15) is 31.2 Å². The third-order valence-corrected chi connectivity index (χ3v) is 7.61. The molecule has 38 heavy (non-hydrogen) atoms. The van der Waals surface area contributed by atoms with Gasteiger partial charge in [0.05, 0.1) is 24.4 Å². The van der Waals surface area contributed by atoms with Gasteiger partial charge in [-0.05, 0) is 62.1 Å². The highest BCUT2D eigenvalue weighted by atomic mass is 16.5. The lowest BCUT2D eigenvalue weighted by Gasteiger charge is -2.43. The van der Waals surface area contributed by atoms with E-state index >= 15 is 0 Å². The summed E-state index contributed by atoms with van der Waals surface area (Å²) in [5.41, 5.74) is 1.23. The number of hydrogen-bond acceptors (Lipinski definition) is 6. The normalized spacial score (nSPS) is 20.4. The molecule has 10 heteroatoms. The third-order valence-electron chi connectivity index (χ3n) is 7.61. The molecule has 1 unspecified atom stereocenters. The second-order valence-electron chi connectivity index (χ2n) is 9.99. The van der Waals surface area contributed by atoms with Crippen LogP contribution in [-0.4, -0.2) is 78.7 Å². The Bertz CT molecular complexity index is 1200. The summed E-state index contributed by atoms with van der Waals surface area (Å²) in [5, 5.41) is 14.8. The number of piperidine rings is 1. The fraction of sp³-hybridized carbons (Fsp3) is 0.429. The van der Waals surface area contributed by atoms with Crippen LogP contribution in [0.4, 0.5) is 16.2 Å². The van der Waals surface area contributed by atoms with Crippen molar-refractivity contribution in [3.8, 4) is 6.07 Å². The Morgan fingerprint density at radius 2 is 1.82 bits per heavy atom. The van der Waals surface area contributed by atoms with Crippen molar-refractivity contribution in [1.82, 2.24) is 15.1 Å². The zero-order chi connectivity index (χ0) is 26.5. The summed E-state index contributed by atoms with van der Waals surface area (Å²) in [4.78, 5) is 44.9. The van der Waals surface area contributed by atoms with E-state index in [1.165, 1.54) is 0 Å². The van der Waals surface area contributed by atoms with E-state index in [1.54, 1.807) is 34.1 Å². The largest absolute Gasteiger partial charge is 0.376 e. The number of nitrogens with zero attached hydrogens (tertiary/aromatic N) is 4. The van der Waals surface area contributed by atoms with Crippen molar-refractivity contribution in [2.24, 2.45) is 0 Å². The summed E-state index contributed by atoms with van der Waals surface area (Å²) in [7, 11) is 0. The summed E-state index contributed by atoms with van der Waals surface area (Å²) >= 11 is 0. The second-order valence-corrected chi connectivity index (χ2v) is 9.99. The monoisotopic (exact) mass is 516 g/mol. The molecule has 0 radical (unpaired) electrons. The highest BCUT2D eigenvalue weighted by molar-refractivity contribution is 5.97. The van der Waals surface area contributed by atoms with E-state index in [2.05, 4.69) is 21.6 Å². The van der Waals surface area contributed by atoms with Gasteiger partial charge in [-0.25, -0.2) is 4.79 Å². The van der Waals surface area contributed by atoms with E-state index in [0.717, 1.165) is 25.1 Å². The van der Waals surface area contributed by atoms with Crippen molar-refractivity contribution in [2.45, 2.75) is 37.3 Å². The van der Waals surface area contributed by atoms with Crippen LogP contribution in [0.15, 0.2) is 54.6 Å². The minimum atomic E-state index is -0.818. The number of hydrogen-bond donors (Lipinski definition) is 2. The lowest BCUT2D eigenvalue weighted by atomic mass is 9.85. The first-order chi connectivity index (χ1) is 18.5. The number of likely N-dealkylation sites (tertiary alicyclic amines) is 1. The Labute approximate surface area is 222 Å². The van der Waals surface area contributed by atoms with Gasteiger partial charge in [0.25, 0.3) is 5.91 Å². The van der Waals surface area contributed by atoms with Crippen molar-refractivity contribution in [3.05, 3.63) is 60.2 Å². The molecule has 2 N–H and O–H groups in total. The molecule has 2 aromatic carbocycles.